The Morgan fingerprint density at radius 2 is 1.60 bits per heavy atom. The summed E-state index contributed by atoms with van der Waals surface area (Å²) in [6.45, 7) is 23.5. The first-order valence-corrected chi connectivity index (χ1v) is 17.1. The summed E-state index contributed by atoms with van der Waals surface area (Å²) in [6.07, 6.45) is 24.3. The van der Waals surface area contributed by atoms with E-state index >= 15 is 0 Å². The van der Waals surface area contributed by atoms with Crippen molar-refractivity contribution < 1.29 is 9.53 Å². The predicted octanol–water partition coefficient (Wildman–Crippen LogP) is 11.2. The van der Waals surface area contributed by atoms with E-state index in [1.54, 1.807) is 14.0 Å². The van der Waals surface area contributed by atoms with Crippen molar-refractivity contribution in [2.75, 3.05) is 12.4 Å². The van der Waals surface area contributed by atoms with Gasteiger partial charge in [0.05, 0.1) is 6.04 Å². The molecule has 1 atom stereocenters. The Morgan fingerprint density at radius 1 is 1.04 bits per heavy atom. The van der Waals surface area contributed by atoms with E-state index in [2.05, 4.69) is 82.4 Å². The molecule has 1 heterocycles. The maximum absolute atomic E-state index is 11.3. The Hall–Kier alpha value is -3.43. The number of allylic oxidation sites excluding steroid dienone is 5. The highest BCUT2D eigenvalue weighted by molar-refractivity contribution is 5.90. The number of nitrogens with one attached hydrogen (secondary N) is 1. The Morgan fingerprint density at radius 3 is 2.04 bits per heavy atom. The number of methoxy groups -OCH3 is 1. The number of anilines is 1. The minimum Gasteiger partial charge on any atom is -0.377 e. The average molecular weight is 623 g/mol. The molecule has 2 aromatic rings. The lowest BCUT2D eigenvalue weighted by Gasteiger charge is -2.22. The highest BCUT2D eigenvalue weighted by Gasteiger charge is 2.16. The van der Waals surface area contributed by atoms with E-state index in [-0.39, 0.29) is 5.91 Å². The number of aromatic nitrogens is 3. The molecule has 1 unspecified atom stereocenters. The molecular formula is C39H66N4O2. The maximum Gasteiger partial charge on any atom is 0.224 e. The van der Waals surface area contributed by atoms with Gasteiger partial charge in [0.15, 0.2) is 5.82 Å². The lowest BCUT2D eigenvalue weighted by Crippen LogP contribution is -2.13. The van der Waals surface area contributed by atoms with Crippen LogP contribution in [0.15, 0.2) is 61.2 Å². The summed E-state index contributed by atoms with van der Waals surface area (Å²) < 4.78 is 7.24. The SMILES string of the molecule is C#CC.C=CCC.CC.CC.CC.CCC(=O)Nc1ccc(C2CCCCC2)cc1.COCc1nnc(C)n1C1C=CC=CC1. The van der Waals surface area contributed by atoms with Crippen molar-refractivity contribution in [3.05, 3.63) is 78.4 Å². The molecule has 1 aromatic carbocycles. The number of carbonyl (C=O) groups is 1. The number of ether oxygens (including phenoxy) is 1. The molecule has 6 nitrogen and oxygen atoms in total. The van der Waals surface area contributed by atoms with Crippen molar-refractivity contribution in [2.24, 2.45) is 0 Å². The summed E-state index contributed by atoms with van der Waals surface area (Å²) in [5.41, 5.74) is 2.34. The number of nitrogens with zero attached hydrogens (tertiary/aromatic N) is 3. The van der Waals surface area contributed by atoms with E-state index in [1.807, 2.05) is 73.6 Å². The predicted molar refractivity (Wildman–Crippen MR) is 198 cm³/mol. The minimum atomic E-state index is 0.0791. The van der Waals surface area contributed by atoms with Crippen molar-refractivity contribution in [1.29, 1.82) is 0 Å². The molecule has 0 saturated heterocycles. The summed E-state index contributed by atoms with van der Waals surface area (Å²) in [6, 6.07) is 8.72. The summed E-state index contributed by atoms with van der Waals surface area (Å²) in [5.74, 6) is 4.89. The first-order chi connectivity index (χ1) is 21.9. The summed E-state index contributed by atoms with van der Waals surface area (Å²) in [5, 5.41) is 11.1. The molecule has 1 amide bonds. The number of rotatable bonds is 7. The fourth-order valence-corrected chi connectivity index (χ4v) is 4.36. The molecule has 6 heteroatoms. The molecule has 1 fully saturated rings. The van der Waals surface area contributed by atoms with Crippen LogP contribution in [0.5, 0.6) is 0 Å². The fraction of sp³-hybridized carbons (Fsp3) is 0.564. The van der Waals surface area contributed by atoms with Gasteiger partial charge in [0.2, 0.25) is 5.91 Å². The molecule has 1 aromatic heterocycles. The molecule has 0 bridgehead atoms. The van der Waals surface area contributed by atoms with Gasteiger partial charge in [-0.25, -0.2) is 0 Å². The first-order valence-electron chi connectivity index (χ1n) is 17.1. The van der Waals surface area contributed by atoms with Crippen LogP contribution in [0, 0.1) is 19.3 Å². The molecule has 0 spiro atoms. The van der Waals surface area contributed by atoms with Crippen LogP contribution in [0.25, 0.3) is 0 Å². The van der Waals surface area contributed by atoms with Crippen LogP contribution >= 0.6 is 0 Å². The highest BCUT2D eigenvalue weighted by Crippen LogP contribution is 2.33. The zero-order valence-electron chi connectivity index (χ0n) is 30.7. The van der Waals surface area contributed by atoms with Gasteiger partial charge in [-0.05, 0) is 63.1 Å². The second-order valence-corrected chi connectivity index (χ2v) is 9.43. The largest absolute Gasteiger partial charge is 0.377 e. The number of carbonyl (C=O) groups excluding carboxylic acids is 1. The number of hydrogen-bond donors (Lipinski definition) is 1. The molecule has 1 N–H and O–H groups in total. The highest BCUT2D eigenvalue weighted by atomic mass is 16.5. The van der Waals surface area contributed by atoms with Crippen molar-refractivity contribution in [1.82, 2.24) is 14.8 Å². The standard InChI is InChI=1S/C15H21NO.C11H15N3O.C4H8.C3H4.3C2H6/c1-2-15(17)16-14-10-8-13(9-11-14)12-6-4-3-5-7-12;1-9-12-13-11(8-15-2)14(9)10-6-4-3-5-7-10;1-3-4-2;1-3-2;3*1-2/h8-12H,2-7H2,1H3,(H,16,17);3-6,10H,7-8H2,1-2H3;3H,1,4H2,2H3;1H,2H3;3*1-2H3. The molecule has 254 valence electrons. The van der Waals surface area contributed by atoms with E-state index < -0.39 is 0 Å². The lowest BCUT2D eigenvalue weighted by atomic mass is 9.84. The van der Waals surface area contributed by atoms with Crippen LogP contribution in [-0.2, 0) is 16.1 Å². The van der Waals surface area contributed by atoms with Crippen LogP contribution < -0.4 is 5.32 Å². The van der Waals surface area contributed by atoms with Gasteiger partial charge >= 0.3 is 0 Å². The summed E-state index contributed by atoms with van der Waals surface area (Å²) in [4.78, 5) is 11.3. The van der Waals surface area contributed by atoms with Crippen LogP contribution in [0.4, 0.5) is 5.69 Å². The zero-order chi connectivity index (χ0) is 34.9. The van der Waals surface area contributed by atoms with E-state index in [9.17, 15) is 4.79 Å². The Kier molecular flexibility index (Phi) is 34.2. The monoisotopic (exact) mass is 623 g/mol. The van der Waals surface area contributed by atoms with Gasteiger partial charge in [0.1, 0.15) is 12.4 Å². The molecule has 2 aliphatic rings. The number of amides is 1. The van der Waals surface area contributed by atoms with Crippen LogP contribution in [0.3, 0.4) is 0 Å². The van der Waals surface area contributed by atoms with Crippen molar-refractivity contribution in [3.63, 3.8) is 0 Å². The van der Waals surface area contributed by atoms with Gasteiger partial charge in [0, 0.05) is 19.2 Å². The van der Waals surface area contributed by atoms with Gasteiger partial charge in [-0.1, -0.05) is 117 Å². The zero-order valence-corrected chi connectivity index (χ0v) is 30.7. The smallest absolute Gasteiger partial charge is 0.224 e. The van der Waals surface area contributed by atoms with E-state index in [1.165, 1.54) is 37.7 Å². The number of benzene rings is 1. The third kappa shape index (κ3) is 21.0. The summed E-state index contributed by atoms with van der Waals surface area (Å²) >= 11 is 0. The van der Waals surface area contributed by atoms with Crippen molar-refractivity contribution in [3.8, 4) is 12.3 Å². The molecule has 45 heavy (non-hydrogen) atoms. The lowest BCUT2D eigenvalue weighted by molar-refractivity contribution is -0.115. The van der Waals surface area contributed by atoms with Crippen LogP contribution in [0.2, 0.25) is 0 Å². The van der Waals surface area contributed by atoms with Crippen molar-refractivity contribution in [2.45, 2.75) is 139 Å². The topological polar surface area (TPSA) is 69.0 Å². The molecule has 2 aliphatic carbocycles. The number of terminal acetylenes is 1. The van der Waals surface area contributed by atoms with Gasteiger partial charge in [-0.3, -0.25) is 4.79 Å². The number of hydrogen-bond acceptors (Lipinski definition) is 4. The molecule has 0 aliphatic heterocycles. The fourth-order valence-electron chi connectivity index (χ4n) is 4.36. The maximum atomic E-state index is 11.3. The van der Waals surface area contributed by atoms with Gasteiger partial charge in [-0.15, -0.1) is 29.1 Å². The normalized spacial score (nSPS) is 14.0. The number of aryl methyl sites for hydroxylation is 1. The van der Waals surface area contributed by atoms with Gasteiger partial charge in [-0.2, -0.15) is 0 Å². The van der Waals surface area contributed by atoms with Crippen LogP contribution in [-0.4, -0.2) is 27.8 Å². The van der Waals surface area contributed by atoms with Crippen molar-refractivity contribution >= 4 is 11.6 Å². The van der Waals surface area contributed by atoms with E-state index in [0.29, 0.717) is 19.1 Å². The van der Waals surface area contributed by atoms with E-state index in [0.717, 1.165) is 36.1 Å². The third-order valence-corrected chi connectivity index (χ3v) is 6.38. The molecular weight excluding hydrogens is 556 g/mol. The Bertz CT molecular complexity index is 1060. The average Bonchev–Trinajstić information content (AvgIpc) is 3.48. The minimum absolute atomic E-state index is 0.0791. The van der Waals surface area contributed by atoms with E-state index in [4.69, 9.17) is 4.74 Å². The quantitative estimate of drug-likeness (QED) is 0.246. The summed E-state index contributed by atoms with van der Waals surface area (Å²) in [7, 11) is 1.67. The second kappa shape index (κ2) is 33.5. The first kappa shape index (κ1) is 46.0. The Balaban J connectivity index is -0.000000574. The van der Waals surface area contributed by atoms with Gasteiger partial charge in [0.25, 0.3) is 0 Å². The van der Waals surface area contributed by atoms with Crippen LogP contribution in [0.1, 0.15) is 143 Å². The van der Waals surface area contributed by atoms with Gasteiger partial charge < -0.3 is 14.6 Å². The molecule has 1 saturated carbocycles. The molecule has 4 rings (SSSR count). The molecule has 0 radical (unpaired) electrons. The second-order valence-electron chi connectivity index (χ2n) is 9.43. The third-order valence-electron chi connectivity index (χ3n) is 6.38. The Labute approximate surface area is 277 Å².